The van der Waals surface area contributed by atoms with Gasteiger partial charge in [-0.25, -0.2) is 23.5 Å². The Bertz CT molecular complexity index is 3300. The normalized spacial score (nSPS) is 27.8. The number of ether oxygens (including phenoxy) is 6. The molecule has 96 heavy (non-hydrogen) atoms. The van der Waals surface area contributed by atoms with Crippen molar-refractivity contribution < 1.29 is 125 Å². The average molecular weight is 1490 g/mol. The monoisotopic (exact) mass is 1490 g/mol. The Morgan fingerprint density at radius 3 is 1.29 bits per heavy atom. The smallest absolute Gasteiger partial charge is 0.463 e. The van der Waals surface area contributed by atoms with E-state index in [9.17, 15) is 65.1 Å². The molecule has 0 saturated carbocycles. The molecule has 0 spiro atoms. The number of alkyl halides is 6. The number of rotatable bonds is 22. The number of hydrogen-bond donors (Lipinski definition) is 3. The van der Waals surface area contributed by atoms with Crippen LogP contribution in [0.1, 0.15) is 119 Å². The Morgan fingerprint density at radius 2 is 0.969 bits per heavy atom. The van der Waals surface area contributed by atoms with E-state index in [4.69, 9.17) is 88.9 Å². The molecule has 8 heterocycles. The number of aliphatic hydroxyl groups excluding tert-OH is 2. The number of carbonyl (C=O) groups is 3. The van der Waals surface area contributed by atoms with Gasteiger partial charge in [-0.15, -0.1) is 0 Å². The highest BCUT2D eigenvalue weighted by Crippen LogP contribution is 2.62. The van der Waals surface area contributed by atoms with E-state index in [1.165, 1.54) is 18.2 Å². The van der Waals surface area contributed by atoms with Crippen LogP contribution in [0.3, 0.4) is 0 Å². The fraction of sp³-hybridized carbons (Fsp3) is 0.722. The summed E-state index contributed by atoms with van der Waals surface area (Å²) in [6.45, 7) is 16.2. The molecule has 5 aliphatic heterocycles. The number of phosphoric ester groups is 2. The van der Waals surface area contributed by atoms with Gasteiger partial charge in [0, 0.05) is 30.0 Å². The molecule has 4 N–H and O–H groups in total. The minimum atomic E-state index is -4.35. The molecule has 3 aromatic heterocycles. The first-order chi connectivity index (χ1) is 43.9. The highest BCUT2D eigenvalue weighted by Gasteiger charge is 2.67. The molecular formula is C54H80Cl2F6N7O24P3. The number of aromatic nitrogens is 6. The predicted molar refractivity (Wildman–Crippen MR) is 325 cm³/mol. The van der Waals surface area contributed by atoms with Crippen LogP contribution in [0.15, 0.2) is 51.2 Å². The molecule has 0 radical (unpaired) electrons. The highest BCUT2D eigenvalue weighted by molar-refractivity contribution is 8.05. The number of nitrogen functional groups attached to an aromatic ring is 1. The van der Waals surface area contributed by atoms with Gasteiger partial charge in [-0.2, -0.15) is 41.3 Å². The summed E-state index contributed by atoms with van der Waals surface area (Å²) in [5.41, 5.74) is 3.28. The number of anilines is 1. The number of aryl methyl sites for hydroxylation is 2. The zero-order valence-corrected chi connectivity index (χ0v) is 57.2. The highest BCUT2D eigenvalue weighted by atomic mass is 35.9. The maximum absolute atomic E-state index is 15.0. The van der Waals surface area contributed by atoms with Crippen molar-refractivity contribution in [3.05, 3.63) is 79.6 Å². The number of esters is 3. The van der Waals surface area contributed by atoms with E-state index in [1.807, 2.05) is 0 Å². The van der Waals surface area contributed by atoms with Crippen LogP contribution < -0.4 is 22.8 Å². The van der Waals surface area contributed by atoms with Crippen LogP contribution in [0.2, 0.25) is 0 Å². The first-order valence-electron chi connectivity index (χ1n) is 29.2. The summed E-state index contributed by atoms with van der Waals surface area (Å²) in [7, 11) is -8.68. The van der Waals surface area contributed by atoms with Crippen molar-refractivity contribution >= 4 is 67.9 Å². The molecule has 5 saturated heterocycles. The van der Waals surface area contributed by atoms with Gasteiger partial charge in [0.15, 0.2) is 18.3 Å². The molecule has 0 aromatic carbocycles. The largest absolute Gasteiger partial charge is 0.475 e. The van der Waals surface area contributed by atoms with E-state index < -0.39 is 155 Å². The van der Waals surface area contributed by atoms with Crippen molar-refractivity contribution in [3.8, 4) is 0 Å². The predicted octanol–water partition coefficient (Wildman–Crippen LogP) is 8.12. The molecule has 0 aliphatic carbocycles. The van der Waals surface area contributed by atoms with Crippen LogP contribution in [0.4, 0.5) is 32.2 Å². The van der Waals surface area contributed by atoms with Crippen molar-refractivity contribution in [2.24, 2.45) is 17.8 Å². The van der Waals surface area contributed by atoms with Crippen molar-refractivity contribution in [1.29, 1.82) is 0 Å². The maximum atomic E-state index is 15.0. The first kappa shape index (κ1) is 83.6. The Balaban J connectivity index is 0.000000283. The van der Waals surface area contributed by atoms with Gasteiger partial charge >= 0.3 is 74.5 Å². The lowest BCUT2D eigenvalue weighted by atomic mass is 10.1. The number of halogens is 8. The van der Waals surface area contributed by atoms with E-state index >= 15 is 8.78 Å². The number of hydrogen-bond acceptors (Lipinski definition) is 28. The Kier molecular flexibility index (Phi) is 30.5. The fourth-order valence-corrected chi connectivity index (χ4v) is 12.3. The summed E-state index contributed by atoms with van der Waals surface area (Å²) in [5.74, 6) is -14.0. The third kappa shape index (κ3) is 22.6. The molecule has 14 atom stereocenters. The van der Waals surface area contributed by atoms with E-state index in [1.54, 1.807) is 76.2 Å². The van der Waals surface area contributed by atoms with Crippen LogP contribution >= 0.6 is 44.2 Å². The van der Waals surface area contributed by atoms with Gasteiger partial charge in [0.2, 0.25) is 18.7 Å². The van der Waals surface area contributed by atoms with Gasteiger partial charge < -0.3 is 48.9 Å². The van der Waals surface area contributed by atoms with Crippen LogP contribution in [0.25, 0.3) is 0 Å². The maximum Gasteiger partial charge on any atom is 0.475 e. The Morgan fingerprint density at radius 1 is 0.625 bits per heavy atom. The second-order valence-electron chi connectivity index (χ2n) is 22.8. The molecule has 0 amide bonds. The molecule has 5 fully saturated rings. The summed E-state index contributed by atoms with van der Waals surface area (Å²) in [6, 6.07) is 3.93. The molecule has 8 rings (SSSR count). The van der Waals surface area contributed by atoms with Crippen LogP contribution in [-0.2, 0) is 88.2 Å². The molecule has 5 aliphatic rings. The lowest BCUT2D eigenvalue weighted by Gasteiger charge is -2.31. The minimum absolute atomic E-state index is 0. The van der Waals surface area contributed by atoms with Crippen LogP contribution in [-0.4, -0.2) is 169 Å². The van der Waals surface area contributed by atoms with Crippen LogP contribution in [0, 0.1) is 31.6 Å². The number of nitrogens with two attached hydrogens (primary N) is 1. The summed E-state index contributed by atoms with van der Waals surface area (Å²) >= 11 is 10.3. The molecule has 31 nitrogen and oxygen atoms in total. The number of phosphoric acid groups is 2. The number of fused-ring (bicyclic) bond motifs is 2. The second-order valence-corrected chi connectivity index (χ2v) is 30.3. The van der Waals surface area contributed by atoms with E-state index in [0.29, 0.717) is 31.5 Å². The van der Waals surface area contributed by atoms with Crippen molar-refractivity contribution in [3.63, 3.8) is 0 Å². The minimum Gasteiger partial charge on any atom is -0.463 e. The summed E-state index contributed by atoms with van der Waals surface area (Å²) < 4.78 is 191. The molecule has 546 valence electrons. The van der Waals surface area contributed by atoms with Gasteiger partial charge in [-0.1, -0.05) is 28.2 Å². The zero-order valence-electron chi connectivity index (χ0n) is 53.0. The summed E-state index contributed by atoms with van der Waals surface area (Å²) in [5, 5.41) is 18.1. The van der Waals surface area contributed by atoms with Gasteiger partial charge in [0.25, 0.3) is 0 Å². The lowest BCUT2D eigenvalue weighted by Crippen LogP contribution is -2.45. The topological polar surface area (TPSA) is 394 Å². The average Bonchev–Trinajstić information content (AvgIpc) is 1.60. The number of nitrogens with zero attached hydrogens (tertiary/aromatic N) is 6. The van der Waals surface area contributed by atoms with E-state index in [-0.39, 0.29) is 76.1 Å². The van der Waals surface area contributed by atoms with E-state index in [2.05, 4.69) is 19.5 Å². The van der Waals surface area contributed by atoms with Crippen molar-refractivity contribution in [1.82, 2.24) is 28.7 Å². The number of carbonyl (C=O) groups excluding carboxylic acids is 3. The van der Waals surface area contributed by atoms with Crippen molar-refractivity contribution in [2.45, 2.75) is 194 Å². The van der Waals surface area contributed by atoms with Crippen LogP contribution in [0.5, 0.6) is 0 Å². The molecular weight excluding hydrogens is 1410 g/mol. The van der Waals surface area contributed by atoms with Gasteiger partial charge in [0.1, 0.15) is 24.1 Å². The Hall–Kier alpha value is -4.78. The lowest BCUT2D eigenvalue weighted by molar-refractivity contribution is -0.153. The summed E-state index contributed by atoms with van der Waals surface area (Å²) in [6.07, 6.45) is -16.4. The van der Waals surface area contributed by atoms with Gasteiger partial charge in [-0.05, 0) is 115 Å². The van der Waals surface area contributed by atoms with Crippen molar-refractivity contribution in [2.75, 3.05) is 45.4 Å². The second kappa shape index (κ2) is 35.0. The van der Waals surface area contributed by atoms with Gasteiger partial charge in [-0.3, -0.25) is 59.8 Å². The molecule has 0 bridgehead atoms. The standard InChI is InChI=1S/C18H25F2N2O8P.C17H24F2N3O8P.C10H12F2N2O4.C8H15Cl2O4P.CH4/c1-10(2)28-15(23)11(3)6-8-26-31(25)27-9-13-14(30-31)18(19,20)16(29-13)22-7-5-12(4)21-17(22)24;1-9(2)28-14(23)10(3)5-7-26-31(25)27-8-11-13(30-31)17(18,19)15(29-11)22-6-4-12(20)21-16(22)24;1-5-2-3-14(9(17)13-5)8-10(11,12)7(16)6(4-15)18-8;1-6(2)14-8(11)7(3)4-5-13-15(9,10)12;/h5,7,10-11,13-14,16H,6,8-9H2,1-4H3;4,6,9-11,13,15H,5,7-8H2,1-3H3,(H2,20,21,24);2-3,6-8,15-16H,4H2,1H3;6-7H,4-5H2,1-3H3;1H4/t11-,13-,14-,16-,31?;10-,11-,13-,15-,31?;6-,7-,8-;7-;/m1111./s1. The third-order valence-electron chi connectivity index (χ3n) is 13.7. The molecule has 2 unspecified atom stereocenters. The third-order valence-corrected chi connectivity index (χ3v) is 17.7. The molecule has 3 aromatic rings. The fourth-order valence-electron chi connectivity index (χ4n) is 8.76. The quantitative estimate of drug-likeness (QED) is 0.0370. The van der Waals surface area contributed by atoms with Gasteiger partial charge in [0.05, 0.1) is 75.7 Å². The first-order valence-corrected chi connectivity index (χ1v) is 35.6. The Labute approximate surface area is 556 Å². The zero-order chi connectivity index (χ0) is 71.5. The van der Waals surface area contributed by atoms with E-state index in [0.717, 1.165) is 18.6 Å². The summed E-state index contributed by atoms with van der Waals surface area (Å²) in [4.78, 5) is 80.9. The molecule has 42 heteroatoms. The number of aliphatic hydroxyl groups is 2. The SMILES string of the molecule is C.CC(C)OC(=O)[C@H](C)CCOP(=O)(Cl)Cl.CC(C)OC(=O)[C@H](C)CCOP1(=O)OC[C@H]2O[C@@H](n3ccc(N)nc3=O)C(F)(F)[C@@H]2O1.Cc1ccn([C@@H]2O[C@@H]3COP(=O)(OCC[C@@H](C)C(=O)OC(C)C)O[C@H]3C2(F)F)c(=O)n1.Cc1ccn([C@@H]2O[C@H](CO)[C@@H](O)C2(F)F)c(=O)n1.